The van der Waals surface area contributed by atoms with E-state index in [4.69, 9.17) is 9.47 Å². The third-order valence-electron chi connectivity index (χ3n) is 4.26. The minimum Gasteiger partial charge on any atom is -0.469 e. The van der Waals surface area contributed by atoms with Gasteiger partial charge in [0.2, 0.25) is 0 Å². The lowest BCUT2D eigenvalue weighted by molar-refractivity contribution is -0.153. The highest BCUT2D eigenvalue weighted by molar-refractivity contribution is 5.85. The van der Waals surface area contributed by atoms with E-state index in [0.717, 1.165) is 31.3 Å². The molecule has 4 heteroatoms. The van der Waals surface area contributed by atoms with Gasteiger partial charge >= 0.3 is 11.9 Å². The van der Waals surface area contributed by atoms with Crippen LogP contribution in [0.2, 0.25) is 0 Å². The van der Waals surface area contributed by atoms with Gasteiger partial charge in [-0.15, -0.1) is 0 Å². The Morgan fingerprint density at radius 3 is 2.24 bits per heavy atom. The number of hydrogen-bond acceptors (Lipinski definition) is 4. The van der Waals surface area contributed by atoms with Crippen LogP contribution in [0, 0.1) is 11.8 Å². The molecule has 0 aromatic rings. The summed E-state index contributed by atoms with van der Waals surface area (Å²) in [5.41, 5.74) is 3.76. The molecule has 4 nitrogen and oxygen atoms in total. The number of carbonyl (C=O) groups is 2. The van der Waals surface area contributed by atoms with Crippen LogP contribution < -0.4 is 0 Å². The summed E-state index contributed by atoms with van der Waals surface area (Å²) in [6, 6.07) is 0. The van der Waals surface area contributed by atoms with Gasteiger partial charge in [0.1, 0.15) is 0 Å². The van der Waals surface area contributed by atoms with E-state index in [1.165, 1.54) is 25.4 Å². The van der Waals surface area contributed by atoms with Gasteiger partial charge in [0.15, 0.2) is 0 Å². The lowest BCUT2D eigenvalue weighted by Crippen LogP contribution is -2.30. The number of rotatable bonds is 8. The third kappa shape index (κ3) is 7.12. The number of carbonyl (C=O) groups excluding carboxylic acids is 2. The second kappa shape index (κ2) is 10.7. The summed E-state index contributed by atoms with van der Waals surface area (Å²) >= 11 is 0. The Morgan fingerprint density at radius 2 is 1.64 bits per heavy atom. The normalized spacial score (nSPS) is 19.9. The van der Waals surface area contributed by atoms with Crippen molar-refractivity contribution in [2.75, 3.05) is 14.2 Å². The molecule has 1 rings (SSSR count). The first-order valence-corrected chi connectivity index (χ1v) is 8.72. The second-order valence-corrected chi connectivity index (χ2v) is 6.61. The molecule has 0 heterocycles. The van der Waals surface area contributed by atoms with E-state index in [0.29, 0.717) is 0 Å². The van der Waals surface area contributed by atoms with Gasteiger partial charge < -0.3 is 9.47 Å². The second-order valence-electron chi connectivity index (χ2n) is 6.61. The van der Waals surface area contributed by atoms with Crippen molar-refractivity contribution in [3.8, 4) is 0 Å². The van der Waals surface area contributed by atoms with Crippen molar-refractivity contribution in [1.82, 2.24) is 0 Å². The molecule has 25 heavy (non-hydrogen) atoms. The van der Waals surface area contributed by atoms with Crippen LogP contribution in [0.25, 0.3) is 0 Å². The van der Waals surface area contributed by atoms with E-state index in [1.54, 1.807) is 6.08 Å². The highest BCUT2D eigenvalue weighted by Gasteiger charge is 2.34. The van der Waals surface area contributed by atoms with E-state index < -0.39 is 23.8 Å². The molecular weight excluding hydrogens is 316 g/mol. The van der Waals surface area contributed by atoms with Crippen molar-refractivity contribution in [2.24, 2.45) is 11.8 Å². The average Bonchev–Trinajstić information content (AvgIpc) is 2.59. The van der Waals surface area contributed by atoms with Crippen LogP contribution in [0.1, 0.15) is 46.5 Å². The van der Waals surface area contributed by atoms with Gasteiger partial charge in [0.25, 0.3) is 0 Å². The van der Waals surface area contributed by atoms with Gasteiger partial charge in [-0.05, 0) is 46.5 Å². The molecule has 0 amide bonds. The molecule has 0 N–H and O–H groups in total. The Hall–Kier alpha value is -2.10. The first-order valence-electron chi connectivity index (χ1n) is 8.72. The number of methoxy groups -OCH3 is 2. The standard InChI is InChI=1S/C21H30O4/c1-15(2)8-6-9-16(3)10-7-11-17-12-13-18(20(22)24-4)19(14-17)21(23)25-5/h8,10,12-14,18-19H,6-7,9,11H2,1-5H3/b16-10-. The van der Waals surface area contributed by atoms with Crippen molar-refractivity contribution in [1.29, 1.82) is 0 Å². The number of esters is 2. The van der Waals surface area contributed by atoms with Crippen molar-refractivity contribution in [3.05, 3.63) is 47.1 Å². The molecule has 0 saturated carbocycles. The van der Waals surface area contributed by atoms with E-state index in [9.17, 15) is 9.59 Å². The van der Waals surface area contributed by atoms with Gasteiger partial charge in [-0.2, -0.15) is 0 Å². The van der Waals surface area contributed by atoms with E-state index in [-0.39, 0.29) is 0 Å². The van der Waals surface area contributed by atoms with Gasteiger partial charge in [0, 0.05) is 0 Å². The Morgan fingerprint density at radius 1 is 1.00 bits per heavy atom. The molecular formula is C21H30O4. The maximum atomic E-state index is 12.0. The Kier molecular flexibility index (Phi) is 8.96. The summed E-state index contributed by atoms with van der Waals surface area (Å²) < 4.78 is 9.60. The third-order valence-corrected chi connectivity index (χ3v) is 4.26. The summed E-state index contributed by atoms with van der Waals surface area (Å²) in [6.45, 7) is 6.37. The van der Waals surface area contributed by atoms with Crippen molar-refractivity contribution < 1.29 is 19.1 Å². The SMILES string of the molecule is COC(=O)C1C=CC(CC/C=C(/C)CCC=C(C)C)=CC1C(=O)OC. The molecule has 0 radical (unpaired) electrons. The number of hydrogen-bond donors (Lipinski definition) is 0. The van der Waals surface area contributed by atoms with Crippen LogP contribution in [0.15, 0.2) is 47.1 Å². The van der Waals surface area contributed by atoms with Crippen LogP contribution in [0.4, 0.5) is 0 Å². The fraction of sp³-hybridized carbons (Fsp3) is 0.524. The molecule has 0 bridgehead atoms. The lowest BCUT2D eigenvalue weighted by Gasteiger charge is -2.22. The van der Waals surface area contributed by atoms with Crippen molar-refractivity contribution in [2.45, 2.75) is 46.5 Å². The highest BCUT2D eigenvalue weighted by atomic mass is 16.5. The van der Waals surface area contributed by atoms with E-state index in [1.807, 2.05) is 12.2 Å². The van der Waals surface area contributed by atoms with Crippen LogP contribution >= 0.6 is 0 Å². The lowest BCUT2D eigenvalue weighted by atomic mass is 9.84. The Bertz CT molecular complexity index is 589. The van der Waals surface area contributed by atoms with Crippen LogP contribution in [0.3, 0.4) is 0 Å². The molecule has 0 fully saturated rings. The minimum atomic E-state index is -0.611. The van der Waals surface area contributed by atoms with Crippen LogP contribution in [0.5, 0.6) is 0 Å². The quantitative estimate of drug-likeness (QED) is 0.478. The van der Waals surface area contributed by atoms with Gasteiger partial charge in [-0.25, -0.2) is 0 Å². The smallest absolute Gasteiger partial charge is 0.313 e. The average molecular weight is 346 g/mol. The first kappa shape index (κ1) is 20.9. The zero-order chi connectivity index (χ0) is 18.8. The Labute approximate surface area is 151 Å². The largest absolute Gasteiger partial charge is 0.469 e. The first-order chi connectivity index (χ1) is 11.9. The van der Waals surface area contributed by atoms with Crippen LogP contribution in [-0.2, 0) is 19.1 Å². The van der Waals surface area contributed by atoms with Gasteiger partial charge in [-0.3, -0.25) is 9.59 Å². The number of allylic oxidation sites excluding steroid dienone is 6. The molecule has 0 saturated heterocycles. The molecule has 0 aromatic carbocycles. The predicted molar refractivity (Wildman–Crippen MR) is 99.9 cm³/mol. The topological polar surface area (TPSA) is 52.6 Å². The summed E-state index contributed by atoms with van der Waals surface area (Å²) in [5.74, 6) is -2.05. The van der Waals surface area contributed by atoms with Gasteiger partial charge in [0.05, 0.1) is 26.1 Å². The van der Waals surface area contributed by atoms with E-state index in [2.05, 4.69) is 32.9 Å². The van der Waals surface area contributed by atoms with E-state index >= 15 is 0 Å². The monoisotopic (exact) mass is 346 g/mol. The molecule has 0 spiro atoms. The van der Waals surface area contributed by atoms with Crippen LogP contribution in [-0.4, -0.2) is 26.2 Å². The zero-order valence-electron chi connectivity index (χ0n) is 16.0. The maximum absolute atomic E-state index is 12.0. The fourth-order valence-electron chi connectivity index (χ4n) is 2.79. The minimum absolute atomic E-state index is 0.411. The number of ether oxygens (including phenoxy) is 2. The van der Waals surface area contributed by atoms with Gasteiger partial charge in [-0.1, -0.05) is 47.1 Å². The summed E-state index contributed by atoms with van der Waals surface area (Å²) in [7, 11) is 2.66. The Balaban J connectivity index is 2.65. The van der Waals surface area contributed by atoms with Crippen molar-refractivity contribution in [3.63, 3.8) is 0 Å². The predicted octanol–water partition coefficient (Wildman–Crippen LogP) is 4.53. The molecule has 1 aliphatic rings. The molecule has 138 valence electrons. The summed E-state index contributed by atoms with van der Waals surface area (Å²) in [5, 5.41) is 0. The highest BCUT2D eigenvalue weighted by Crippen LogP contribution is 2.27. The van der Waals surface area contributed by atoms with Crippen molar-refractivity contribution >= 4 is 11.9 Å². The summed E-state index contributed by atoms with van der Waals surface area (Å²) in [4.78, 5) is 23.8. The molecule has 2 atom stereocenters. The molecule has 0 aliphatic heterocycles. The fourth-order valence-corrected chi connectivity index (χ4v) is 2.79. The molecule has 1 aliphatic carbocycles. The zero-order valence-corrected chi connectivity index (χ0v) is 16.0. The maximum Gasteiger partial charge on any atom is 0.313 e. The molecule has 2 unspecified atom stereocenters. The molecule has 0 aromatic heterocycles. The summed E-state index contributed by atoms with van der Waals surface area (Å²) in [6.07, 6.45) is 13.9.